The molecule has 2 bridgehead atoms. The fourth-order valence-electron chi connectivity index (χ4n) is 4.96. The highest BCUT2D eigenvalue weighted by Gasteiger charge is 2.38. The van der Waals surface area contributed by atoms with Crippen molar-refractivity contribution < 1.29 is 9.59 Å². The van der Waals surface area contributed by atoms with Crippen LogP contribution in [0.25, 0.3) is 0 Å². The number of aromatic amines is 1. The average molecular weight is 380 g/mol. The van der Waals surface area contributed by atoms with Crippen molar-refractivity contribution >= 4 is 11.7 Å². The van der Waals surface area contributed by atoms with Crippen LogP contribution in [0, 0.1) is 19.8 Å². The van der Waals surface area contributed by atoms with Crippen LogP contribution < -0.4 is 0 Å². The Morgan fingerprint density at radius 2 is 1.82 bits per heavy atom. The second-order valence-electron chi connectivity index (χ2n) is 8.42. The smallest absolute Gasteiger partial charge is 0.256 e. The van der Waals surface area contributed by atoms with Crippen LogP contribution in [-0.4, -0.2) is 52.2 Å². The molecule has 5 nitrogen and oxygen atoms in total. The number of nitrogens with zero attached hydrogens (tertiary/aromatic N) is 2. The molecule has 148 valence electrons. The largest absolute Gasteiger partial charge is 0.355 e. The number of hydrogen-bond donors (Lipinski definition) is 1. The van der Waals surface area contributed by atoms with E-state index in [0.29, 0.717) is 17.2 Å². The van der Waals surface area contributed by atoms with Gasteiger partial charge in [-0.25, -0.2) is 0 Å². The highest BCUT2D eigenvalue weighted by atomic mass is 16.2. The maximum atomic E-state index is 13.5. The topological polar surface area (TPSA) is 56.4 Å². The number of carbonyl (C=O) groups is 2. The zero-order chi connectivity index (χ0) is 19.8. The van der Waals surface area contributed by atoms with Gasteiger partial charge in [-0.05, 0) is 43.7 Å². The normalized spacial score (nSPS) is 22.3. The third-order valence-corrected chi connectivity index (χ3v) is 6.30. The summed E-state index contributed by atoms with van der Waals surface area (Å²) in [6, 6.07) is 10.8. The van der Waals surface area contributed by atoms with Crippen molar-refractivity contribution in [3.8, 4) is 0 Å². The maximum absolute atomic E-state index is 13.5. The SMILES string of the molecule is CC(=O)c1[nH]c(C)c(C(=O)N2CC3CCC2CN(Cc2ccccc2)C3)c1C. The van der Waals surface area contributed by atoms with Gasteiger partial charge in [-0.3, -0.25) is 14.5 Å². The molecule has 2 aromatic rings. The van der Waals surface area contributed by atoms with Gasteiger partial charge in [0, 0.05) is 44.8 Å². The van der Waals surface area contributed by atoms with Crippen LogP contribution in [0.2, 0.25) is 0 Å². The third-order valence-electron chi connectivity index (χ3n) is 6.30. The number of H-pyrrole nitrogens is 1. The summed E-state index contributed by atoms with van der Waals surface area (Å²) in [7, 11) is 0. The van der Waals surface area contributed by atoms with Crippen LogP contribution in [0.3, 0.4) is 0 Å². The molecule has 0 radical (unpaired) electrons. The first-order valence-corrected chi connectivity index (χ1v) is 10.2. The molecule has 3 saturated heterocycles. The van der Waals surface area contributed by atoms with Gasteiger partial charge in [0.1, 0.15) is 0 Å². The lowest BCUT2D eigenvalue weighted by Crippen LogP contribution is -2.47. The van der Waals surface area contributed by atoms with Crippen LogP contribution in [0.5, 0.6) is 0 Å². The fraction of sp³-hybridized carbons (Fsp3) is 0.478. The van der Waals surface area contributed by atoms with Gasteiger partial charge in [0.05, 0.1) is 11.3 Å². The lowest BCUT2D eigenvalue weighted by Gasteiger charge is -2.36. The monoisotopic (exact) mass is 379 g/mol. The molecule has 3 aliphatic heterocycles. The Labute approximate surface area is 166 Å². The minimum atomic E-state index is -0.0222. The van der Waals surface area contributed by atoms with E-state index in [1.54, 1.807) is 6.92 Å². The zero-order valence-corrected chi connectivity index (χ0v) is 17.0. The predicted octanol–water partition coefficient (Wildman–Crippen LogP) is 3.57. The van der Waals surface area contributed by atoms with Gasteiger partial charge in [-0.2, -0.15) is 0 Å². The molecule has 0 aliphatic carbocycles. The number of rotatable bonds is 4. The molecule has 5 rings (SSSR count). The van der Waals surface area contributed by atoms with E-state index < -0.39 is 0 Å². The van der Waals surface area contributed by atoms with E-state index in [1.807, 2.05) is 19.9 Å². The Kier molecular flexibility index (Phi) is 5.11. The zero-order valence-electron chi connectivity index (χ0n) is 17.0. The number of hydrogen-bond acceptors (Lipinski definition) is 3. The van der Waals surface area contributed by atoms with Crippen molar-refractivity contribution in [3.63, 3.8) is 0 Å². The second-order valence-corrected chi connectivity index (χ2v) is 8.42. The number of aryl methyl sites for hydroxylation is 1. The van der Waals surface area contributed by atoms with Gasteiger partial charge >= 0.3 is 0 Å². The maximum Gasteiger partial charge on any atom is 0.256 e. The molecule has 3 aliphatic rings. The minimum Gasteiger partial charge on any atom is -0.355 e. The van der Waals surface area contributed by atoms with Gasteiger partial charge < -0.3 is 9.88 Å². The molecule has 2 unspecified atom stereocenters. The summed E-state index contributed by atoms with van der Waals surface area (Å²) in [5, 5.41) is 0. The summed E-state index contributed by atoms with van der Waals surface area (Å²) in [6.45, 7) is 9.02. The average Bonchev–Trinajstić information content (AvgIpc) is 2.81. The van der Waals surface area contributed by atoms with E-state index in [0.717, 1.165) is 43.9 Å². The van der Waals surface area contributed by atoms with Crippen LogP contribution in [0.15, 0.2) is 30.3 Å². The highest BCUT2D eigenvalue weighted by Crippen LogP contribution is 2.31. The van der Waals surface area contributed by atoms with E-state index in [9.17, 15) is 9.59 Å². The Morgan fingerprint density at radius 1 is 1.07 bits per heavy atom. The van der Waals surface area contributed by atoms with Gasteiger partial charge in [-0.15, -0.1) is 0 Å². The van der Waals surface area contributed by atoms with Crippen molar-refractivity contribution in [2.24, 2.45) is 5.92 Å². The number of nitrogens with one attached hydrogen (secondary N) is 1. The first kappa shape index (κ1) is 18.9. The molecule has 1 aromatic heterocycles. The predicted molar refractivity (Wildman–Crippen MR) is 110 cm³/mol. The number of carbonyl (C=O) groups excluding carboxylic acids is 2. The number of fused-ring (bicyclic) bond motifs is 4. The molecule has 1 amide bonds. The van der Waals surface area contributed by atoms with Crippen LogP contribution in [-0.2, 0) is 6.54 Å². The van der Waals surface area contributed by atoms with E-state index in [4.69, 9.17) is 0 Å². The second kappa shape index (κ2) is 7.55. The summed E-state index contributed by atoms with van der Waals surface area (Å²) in [6.07, 6.45) is 2.24. The highest BCUT2D eigenvalue weighted by molar-refractivity contribution is 6.02. The quantitative estimate of drug-likeness (QED) is 0.826. The fourth-order valence-corrected chi connectivity index (χ4v) is 4.96. The Hall–Kier alpha value is -2.40. The van der Waals surface area contributed by atoms with Crippen LogP contribution in [0.1, 0.15) is 57.4 Å². The van der Waals surface area contributed by atoms with Crippen LogP contribution in [0.4, 0.5) is 0 Å². The number of amides is 1. The van der Waals surface area contributed by atoms with Gasteiger partial charge in [0.2, 0.25) is 0 Å². The number of benzene rings is 1. The molecular formula is C23H29N3O2. The number of piperidine rings is 1. The number of aromatic nitrogens is 1. The minimum absolute atomic E-state index is 0.0222. The molecule has 0 spiro atoms. The standard InChI is InChI=1S/C23H29N3O2/c1-15-21(16(2)24-22(15)17(3)27)23(28)26-13-19-9-10-20(26)14-25(12-19)11-18-7-5-4-6-8-18/h4-8,19-20,24H,9-14H2,1-3H3. The molecule has 4 heterocycles. The summed E-state index contributed by atoms with van der Waals surface area (Å²) in [5.74, 6) is 0.569. The molecule has 28 heavy (non-hydrogen) atoms. The lowest BCUT2D eigenvalue weighted by molar-refractivity contribution is 0.0583. The Bertz CT molecular complexity index is 887. The molecule has 1 aromatic carbocycles. The van der Waals surface area contributed by atoms with E-state index in [2.05, 4.69) is 39.0 Å². The Morgan fingerprint density at radius 3 is 2.50 bits per heavy atom. The van der Waals surface area contributed by atoms with E-state index in [1.165, 1.54) is 12.0 Å². The van der Waals surface area contributed by atoms with Gasteiger partial charge in [0.25, 0.3) is 5.91 Å². The van der Waals surface area contributed by atoms with Gasteiger partial charge in [0.15, 0.2) is 5.78 Å². The van der Waals surface area contributed by atoms with E-state index >= 15 is 0 Å². The van der Waals surface area contributed by atoms with E-state index in [-0.39, 0.29) is 17.7 Å². The molecular weight excluding hydrogens is 350 g/mol. The molecule has 2 atom stereocenters. The van der Waals surface area contributed by atoms with Crippen molar-refractivity contribution in [2.75, 3.05) is 19.6 Å². The Balaban J connectivity index is 1.55. The van der Waals surface area contributed by atoms with Gasteiger partial charge in [-0.1, -0.05) is 30.3 Å². The summed E-state index contributed by atoms with van der Waals surface area (Å²) < 4.78 is 0. The first-order valence-electron chi connectivity index (χ1n) is 10.2. The summed E-state index contributed by atoms with van der Waals surface area (Å²) in [4.78, 5) is 33.0. The van der Waals surface area contributed by atoms with Crippen molar-refractivity contribution in [1.29, 1.82) is 0 Å². The van der Waals surface area contributed by atoms with Crippen molar-refractivity contribution in [3.05, 3.63) is 58.4 Å². The molecule has 0 saturated carbocycles. The molecule has 3 fully saturated rings. The molecule has 5 heteroatoms. The summed E-state index contributed by atoms with van der Waals surface area (Å²) in [5.41, 5.74) is 4.16. The lowest BCUT2D eigenvalue weighted by atomic mass is 9.94. The number of ketones is 1. The number of Topliss-reactive ketones (excluding diaryl/α,β-unsaturated/α-hetero) is 1. The van der Waals surface area contributed by atoms with Crippen molar-refractivity contribution in [2.45, 2.75) is 46.2 Å². The van der Waals surface area contributed by atoms with Crippen LogP contribution >= 0.6 is 0 Å². The third kappa shape index (κ3) is 3.51. The van der Waals surface area contributed by atoms with Crippen molar-refractivity contribution in [1.82, 2.24) is 14.8 Å². The first-order chi connectivity index (χ1) is 13.4. The summed E-state index contributed by atoms with van der Waals surface area (Å²) >= 11 is 0. The molecule has 1 N–H and O–H groups in total.